The van der Waals surface area contributed by atoms with E-state index in [2.05, 4.69) is 39.5 Å². The van der Waals surface area contributed by atoms with E-state index in [1.165, 1.54) is 32.2 Å². The van der Waals surface area contributed by atoms with Crippen molar-refractivity contribution < 1.29 is 0 Å². The molecule has 106 valence electrons. The van der Waals surface area contributed by atoms with Gasteiger partial charge in [-0.2, -0.15) is 0 Å². The summed E-state index contributed by atoms with van der Waals surface area (Å²) in [5.74, 6) is 1.61. The monoisotopic (exact) mass is 252 g/mol. The second-order valence-electron chi connectivity index (χ2n) is 7.93. The lowest BCUT2D eigenvalue weighted by Gasteiger charge is -2.51. The van der Waals surface area contributed by atoms with Gasteiger partial charge in [0.2, 0.25) is 0 Å². The van der Waals surface area contributed by atoms with Crippen LogP contribution in [0.2, 0.25) is 0 Å². The Morgan fingerprint density at radius 1 is 1.22 bits per heavy atom. The van der Waals surface area contributed by atoms with Crippen molar-refractivity contribution in [3.8, 4) is 0 Å². The average molecular weight is 252 g/mol. The number of nitrogens with two attached hydrogens (primary N) is 1. The fourth-order valence-corrected chi connectivity index (χ4v) is 4.94. The molecule has 4 unspecified atom stereocenters. The fourth-order valence-electron chi connectivity index (χ4n) is 4.94. The third kappa shape index (κ3) is 2.34. The van der Waals surface area contributed by atoms with Crippen LogP contribution in [0.4, 0.5) is 0 Å². The molecule has 2 fully saturated rings. The van der Waals surface area contributed by atoms with Crippen LogP contribution in [-0.2, 0) is 0 Å². The zero-order valence-electron chi connectivity index (χ0n) is 13.0. The lowest BCUT2D eigenvalue weighted by atomic mass is 9.80. The zero-order valence-corrected chi connectivity index (χ0v) is 13.0. The summed E-state index contributed by atoms with van der Waals surface area (Å²) in [4.78, 5) is 2.77. The molecule has 0 bridgehead atoms. The number of hydrogen-bond acceptors (Lipinski definition) is 2. The van der Waals surface area contributed by atoms with E-state index in [1.54, 1.807) is 0 Å². The molecule has 0 amide bonds. The number of nitrogens with zero attached hydrogens (tertiary/aromatic N) is 1. The molecule has 2 nitrogen and oxygen atoms in total. The topological polar surface area (TPSA) is 29.3 Å². The highest BCUT2D eigenvalue weighted by atomic mass is 15.3. The molecule has 1 aliphatic carbocycles. The Balaban J connectivity index is 2.22. The van der Waals surface area contributed by atoms with E-state index in [1.807, 2.05) is 0 Å². The van der Waals surface area contributed by atoms with E-state index in [4.69, 9.17) is 5.73 Å². The van der Waals surface area contributed by atoms with E-state index < -0.39 is 0 Å². The lowest BCUT2D eigenvalue weighted by Crippen LogP contribution is -2.61. The van der Waals surface area contributed by atoms with E-state index in [0.717, 1.165) is 18.4 Å². The number of rotatable bonds is 2. The lowest BCUT2D eigenvalue weighted by molar-refractivity contribution is -0.00841. The molecule has 2 rings (SSSR count). The second-order valence-corrected chi connectivity index (χ2v) is 7.93. The van der Waals surface area contributed by atoms with Gasteiger partial charge in [-0.15, -0.1) is 0 Å². The van der Waals surface area contributed by atoms with Crippen LogP contribution in [-0.4, -0.2) is 29.6 Å². The van der Waals surface area contributed by atoms with Crippen molar-refractivity contribution in [1.29, 1.82) is 0 Å². The minimum absolute atomic E-state index is 0.267. The predicted octanol–water partition coefficient (Wildman–Crippen LogP) is 3.26. The zero-order chi connectivity index (χ0) is 13.6. The number of likely N-dealkylation sites (tertiary alicyclic amines) is 1. The molecule has 1 saturated heterocycles. The Labute approximate surface area is 113 Å². The first-order chi connectivity index (χ1) is 8.31. The third-order valence-electron chi connectivity index (χ3n) is 5.62. The Kier molecular flexibility index (Phi) is 3.81. The number of piperidine rings is 1. The van der Waals surface area contributed by atoms with Crippen molar-refractivity contribution >= 4 is 0 Å². The van der Waals surface area contributed by atoms with Crippen molar-refractivity contribution in [3.63, 3.8) is 0 Å². The molecule has 1 heterocycles. The van der Waals surface area contributed by atoms with Crippen LogP contribution >= 0.6 is 0 Å². The average Bonchev–Trinajstić information content (AvgIpc) is 2.49. The molecule has 0 spiro atoms. The Bertz CT molecular complexity index is 299. The van der Waals surface area contributed by atoms with Crippen molar-refractivity contribution in [2.75, 3.05) is 13.1 Å². The third-order valence-corrected chi connectivity index (χ3v) is 5.62. The molecule has 0 aromatic carbocycles. The largest absolute Gasteiger partial charge is 0.329 e. The van der Waals surface area contributed by atoms with Crippen LogP contribution in [0.25, 0.3) is 0 Å². The molecule has 1 saturated carbocycles. The highest BCUT2D eigenvalue weighted by Gasteiger charge is 2.52. The fraction of sp³-hybridized carbons (Fsp3) is 1.00. The summed E-state index contributed by atoms with van der Waals surface area (Å²) in [5, 5.41) is 0. The molecule has 2 heteroatoms. The highest BCUT2D eigenvalue weighted by molar-refractivity contribution is 5.07. The minimum Gasteiger partial charge on any atom is -0.329 e. The van der Waals surface area contributed by atoms with E-state index in [0.29, 0.717) is 11.5 Å². The number of hydrogen-bond donors (Lipinski definition) is 1. The summed E-state index contributed by atoms with van der Waals surface area (Å²) < 4.78 is 0. The summed E-state index contributed by atoms with van der Waals surface area (Å²) in [5.41, 5.74) is 6.99. The molecule has 1 aliphatic heterocycles. The second kappa shape index (κ2) is 4.79. The quantitative estimate of drug-likeness (QED) is 0.817. The van der Waals surface area contributed by atoms with Crippen molar-refractivity contribution in [2.45, 2.75) is 71.9 Å². The van der Waals surface area contributed by atoms with Gasteiger partial charge in [0.15, 0.2) is 0 Å². The van der Waals surface area contributed by atoms with Crippen LogP contribution < -0.4 is 5.73 Å². The van der Waals surface area contributed by atoms with Crippen molar-refractivity contribution in [3.05, 3.63) is 0 Å². The van der Waals surface area contributed by atoms with Gasteiger partial charge >= 0.3 is 0 Å². The van der Waals surface area contributed by atoms with Gasteiger partial charge in [0.25, 0.3) is 0 Å². The molecule has 18 heavy (non-hydrogen) atoms. The molecular weight excluding hydrogens is 220 g/mol. The van der Waals surface area contributed by atoms with Gasteiger partial charge in [-0.3, -0.25) is 4.90 Å². The van der Waals surface area contributed by atoms with Crippen LogP contribution in [0.15, 0.2) is 0 Å². The van der Waals surface area contributed by atoms with Gasteiger partial charge in [-0.25, -0.2) is 0 Å². The Hall–Kier alpha value is -0.0800. The van der Waals surface area contributed by atoms with Crippen molar-refractivity contribution in [2.24, 2.45) is 23.0 Å². The molecule has 2 aliphatic rings. The highest BCUT2D eigenvalue weighted by Crippen LogP contribution is 2.51. The summed E-state index contributed by atoms with van der Waals surface area (Å²) in [6.07, 6.45) is 5.29. The van der Waals surface area contributed by atoms with Crippen LogP contribution in [0.3, 0.4) is 0 Å². The van der Waals surface area contributed by atoms with Gasteiger partial charge in [-0.05, 0) is 56.4 Å². The van der Waals surface area contributed by atoms with Gasteiger partial charge in [0.05, 0.1) is 0 Å². The normalized spacial score (nSPS) is 45.3. The minimum atomic E-state index is 0.267. The summed E-state index contributed by atoms with van der Waals surface area (Å²) in [7, 11) is 0. The molecule has 0 aromatic heterocycles. The molecule has 2 N–H and O–H groups in total. The maximum Gasteiger partial charge on any atom is 0.0365 e. The Morgan fingerprint density at radius 2 is 1.89 bits per heavy atom. The predicted molar refractivity (Wildman–Crippen MR) is 78.5 cm³/mol. The standard InChI is InChI=1S/C16H32N2/c1-12-6-7-18(14(3)8-12)16(11-17)10-15(4,5)9-13(16)2/h12-14H,6-11,17H2,1-5H3. The first kappa shape index (κ1) is 14.3. The van der Waals surface area contributed by atoms with Gasteiger partial charge in [0, 0.05) is 18.1 Å². The van der Waals surface area contributed by atoms with E-state index in [9.17, 15) is 0 Å². The van der Waals surface area contributed by atoms with Crippen LogP contribution in [0, 0.1) is 17.3 Å². The SMILES string of the molecule is CC1CCN(C2(CN)CC(C)(C)CC2C)C(C)C1. The molecule has 4 atom stereocenters. The maximum absolute atomic E-state index is 6.27. The smallest absolute Gasteiger partial charge is 0.0365 e. The Morgan fingerprint density at radius 3 is 2.33 bits per heavy atom. The summed E-state index contributed by atoms with van der Waals surface area (Å²) in [6.45, 7) is 14.1. The van der Waals surface area contributed by atoms with Gasteiger partial charge in [-0.1, -0.05) is 27.7 Å². The van der Waals surface area contributed by atoms with Gasteiger partial charge in [0.1, 0.15) is 0 Å². The maximum atomic E-state index is 6.27. The van der Waals surface area contributed by atoms with Crippen LogP contribution in [0.1, 0.15) is 60.3 Å². The summed E-state index contributed by atoms with van der Waals surface area (Å²) in [6, 6.07) is 0.702. The van der Waals surface area contributed by atoms with Gasteiger partial charge < -0.3 is 5.73 Å². The molecular formula is C16H32N2. The van der Waals surface area contributed by atoms with Crippen molar-refractivity contribution in [1.82, 2.24) is 4.90 Å². The molecule has 0 radical (unpaired) electrons. The summed E-state index contributed by atoms with van der Waals surface area (Å²) >= 11 is 0. The van der Waals surface area contributed by atoms with E-state index in [-0.39, 0.29) is 5.54 Å². The van der Waals surface area contributed by atoms with E-state index >= 15 is 0 Å². The first-order valence-corrected chi connectivity index (χ1v) is 7.77. The first-order valence-electron chi connectivity index (χ1n) is 7.77. The molecule has 0 aromatic rings. The van der Waals surface area contributed by atoms with Crippen LogP contribution in [0.5, 0.6) is 0 Å².